The Labute approximate surface area is 209 Å². The molecule has 4 rings (SSSR count). The number of aromatic nitrogens is 3. The largest absolute Gasteiger partial charge is 0.497 e. The molecule has 8 nitrogen and oxygen atoms in total. The number of hydrogen-bond donors (Lipinski definition) is 3. The van der Waals surface area contributed by atoms with E-state index < -0.39 is 22.9 Å². The monoisotopic (exact) mass is 496 g/mol. The molecule has 1 aliphatic carbocycles. The first-order chi connectivity index (χ1) is 16.5. The number of nitrogens with one attached hydrogen (secondary N) is 1. The third-order valence-electron chi connectivity index (χ3n) is 7.00. The van der Waals surface area contributed by atoms with Crippen molar-refractivity contribution in [2.24, 2.45) is 17.3 Å². The van der Waals surface area contributed by atoms with E-state index in [0.29, 0.717) is 41.7 Å². The number of aliphatic carboxylic acids is 1. The van der Waals surface area contributed by atoms with Crippen LogP contribution in [0.4, 0.5) is 11.6 Å². The molecule has 0 aliphatic heterocycles. The fourth-order valence-corrected chi connectivity index (χ4v) is 5.97. The zero-order valence-corrected chi connectivity index (χ0v) is 21.5. The van der Waals surface area contributed by atoms with Gasteiger partial charge in [-0.25, -0.2) is 15.0 Å². The lowest BCUT2D eigenvalue weighted by Gasteiger charge is -2.44. The minimum atomic E-state index is -1.15. The molecule has 0 radical (unpaired) electrons. The topological polar surface area (TPSA) is 117 Å². The second kappa shape index (κ2) is 9.54. The van der Waals surface area contributed by atoms with Crippen LogP contribution in [0.3, 0.4) is 0 Å². The molecule has 35 heavy (non-hydrogen) atoms. The van der Waals surface area contributed by atoms with Gasteiger partial charge in [-0.05, 0) is 68.2 Å². The maximum absolute atomic E-state index is 11.7. The molecule has 186 valence electrons. The van der Waals surface area contributed by atoms with Crippen LogP contribution in [0.15, 0.2) is 36.7 Å². The Balaban J connectivity index is 1.56. The number of anilines is 2. The van der Waals surface area contributed by atoms with Crippen LogP contribution < -0.4 is 10.1 Å². The molecule has 3 N–H and O–H groups in total. The van der Waals surface area contributed by atoms with Crippen molar-refractivity contribution in [3.63, 3.8) is 0 Å². The van der Waals surface area contributed by atoms with E-state index in [0.717, 1.165) is 16.1 Å². The lowest BCUT2D eigenvalue weighted by Crippen LogP contribution is -2.43. The second-order valence-electron chi connectivity index (χ2n) is 10.2. The van der Waals surface area contributed by atoms with Crippen LogP contribution in [0.25, 0.3) is 10.6 Å². The van der Waals surface area contributed by atoms with Crippen molar-refractivity contribution in [3.8, 4) is 16.3 Å². The Bertz CT molecular complexity index is 1220. The number of carboxylic acid groups (broad SMARTS) is 1. The third kappa shape index (κ3) is 5.31. The molecule has 1 fully saturated rings. The number of rotatable bonds is 7. The summed E-state index contributed by atoms with van der Waals surface area (Å²) in [6.07, 6.45) is 5.23. The molecular weight excluding hydrogens is 464 g/mol. The van der Waals surface area contributed by atoms with Crippen LogP contribution in [-0.4, -0.2) is 38.2 Å². The van der Waals surface area contributed by atoms with Gasteiger partial charge in [0.2, 0.25) is 0 Å². The highest BCUT2D eigenvalue weighted by molar-refractivity contribution is 7.15. The summed E-state index contributed by atoms with van der Waals surface area (Å²) in [4.78, 5) is 26.2. The van der Waals surface area contributed by atoms with Gasteiger partial charge in [-0.15, -0.1) is 11.3 Å². The average Bonchev–Trinajstić information content (AvgIpc) is 3.29. The highest BCUT2D eigenvalue weighted by atomic mass is 32.1. The van der Waals surface area contributed by atoms with Crippen LogP contribution in [0, 0.1) is 24.2 Å². The van der Waals surface area contributed by atoms with Crippen molar-refractivity contribution in [3.05, 3.63) is 47.2 Å². The van der Waals surface area contributed by atoms with Crippen LogP contribution in [-0.2, 0) is 10.4 Å². The molecule has 0 bridgehead atoms. The van der Waals surface area contributed by atoms with Crippen molar-refractivity contribution in [1.82, 2.24) is 15.0 Å². The van der Waals surface area contributed by atoms with Crippen LogP contribution >= 0.6 is 11.3 Å². The van der Waals surface area contributed by atoms with E-state index >= 15 is 0 Å². The molecule has 0 aromatic carbocycles. The summed E-state index contributed by atoms with van der Waals surface area (Å²) in [6, 6.07) is 7.50. The van der Waals surface area contributed by atoms with Gasteiger partial charge in [-0.3, -0.25) is 4.79 Å². The number of pyridine rings is 2. The number of aryl methyl sites for hydroxylation is 1. The Kier molecular flexibility index (Phi) is 6.83. The average molecular weight is 497 g/mol. The number of thiazole rings is 1. The summed E-state index contributed by atoms with van der Waals surface area (Å²) in [5, 5.41) is 25.0. The fraction of sp³-hybridized carbons (Fsp3) is 0.462. The van der Waals surface area contributed by atoms with Crippen molar-refractivity contribution >= 4 is 28.9 Å². The van der Waals surface area contributed by atoms with Gasteiger partial charge in [0.25, 0.3) is 0 Å². The number of ether oxygens (including phenoxy) is 1. The second-order valence-corrected chi connectivity index (χ2v) is 11.2. The molecule has 1 unspecified atom stereocenters. The molecular formula is C26H32N4O4S. The summed E-state index contributed by atoms with van der Waals surface area (Å²) >= 11 is 1.42. The third-order valence-corrected chi connectivity index (χ3v) is 8.24. The van der Waals surface area contributed by atoms with Crippen LogP contribution in [0.2, 0.25) is 0 Å². The molecule has 0 saturated heterocycles. The van der Waals surface area contributed by atoms with E-state index in [1.54, 1.807) is 38.6 Å². The number of aliphatic hydroxyl groups is 1. The van der Waals surface area contributed by atoms with Crippen molar-refractivity contribution < 1.29 is 19.7 Å². The number of hydrogen-bond acceptors (Lipinski definition) is 8. The number of methoxy groups -OCH3 is 1. The summed E-state index contributed by atoms with van der Waals surface area (Å²) in [7, 11) is 1.61. The Morgan fingerprint density at radius 3 is 2.69 bits per heavy atom. The first kappa shape index (κ1) is 25.1. The van der Waals surface area contributed by atoms with Crippen molar-refractivity contribution in [1.29, 1.82) is 0 Å². The van der Waals surface area contributed by atoms with E-state index in [4.69, 9.17) is 9.72 Å². The van der Waals surface area contributed by atoms with Crippen molar-refractivity contribution in [2.45, 2.75) is 52.6 Å². The van der Waals surface area contributed by atoms with Gasteiger partial charge >= 0.3 is 5.97 Å². The van der Waals surface area contributed by atoms with E-state index in [2.05, 4.69) is 15.3 Å². The maximum atomic E-state index is 11.7. The van der Waals surface area contributed by atoms with Gasteiger partial charge in [0, 0.05) is 18.5 Å². The molecule has 3 atom stereocenters. The molecule has 0 amide bonds. The summed E-state index contributed by atoms with van der Waals surface area (Å²) in [6.45, 7) is 7.74. The van der Waals surface area contributed by atoms with Gasteiger partial charge in [-0.1, -0.05) is 13.8 Å². The molecule has 3 aromatic heterocycles. The number of carboxylic acids is 1. The molecule has 0 spiro atoms. The molecule has 3 aromatic rings. The smallest absolute Gasteiger partial charge is 0.307 e. The summed E-state index contributed by atoms with van der Waals surface area (Å²) in [5.41, 5.74) is 0.228. The lowest BCUT2D eigenvalue weighted by molar-refractivity contribution is -0.151. The first-order valence-corrected chi connectivity index (χ1v) is 12.5. The normalized spacial score (nSPS) is 21.2. The Morgan fingerprint density at radius 1 is 1.23 bits per heavy atom. The zero-order valence-electron chi connectivity index (χ0n) is 20.7. The maximum Gasteiger partial charge on any atom is 0.307 e. The van der Waals surface area contributed by atoms with Gasteiger partial charge in [0.1, 0.15) is 28.0 Å². The highest BCUT2D eigenvalue weighted by Gasteiger charge is 2.47. The number of nitrogens with zero attached hydrogens (tertiary/aromatic N) is 3. The van der Waals surface area contributed by atoms with Gasteiger partial charge in [0.05, 0.1) is 23.6 Å². The quantitative estimate of drug-likeness (QED) is 0.398. The lowest BCUT2D eigenvalue weighted by atomic mass is 9.62. The fourth-order valence-electron chi connectivity index (χ4n) is 4.97. The Morgan fingerprint density at radius 2 is 2.00 bits per heavy atom. The molecule has 3 heterocycles. The summed E-state index contributed by atoms with van der Waals surface area (Å²) in [5.74, 6) is 0.739. The zero-order chi connectivity index (χ0) is 25.4. The van der Waals surface area contributed by atoms with Crippen LogP contribution in [0.1, 0.15) is 50.6 Å². The highest BCUT2D eigenvalue weighted by Crippen LogP contribution is 2.50. The predicted octanol–water partition coefficient (Wildman–Crippen LogP) is 5.40. The minimum Gasteiger partial charge on any atom is -0.497 e. The molecule has 1 saturated carbocycles. The SMILES string of the molecule is COc1ccnc(Nc2cc(C)cc(-c3cnc(C(C)(O)[C@H]4CC[C@H](C(=O)O)C(C)(C)C4)s3)n2)c1. The standard InChI is InChI=1S/C26H32N4O4S/c1-15-10-19(29-22(11-15)30-21-12-17(34-5)8-9-27-21)20-14-28-24(35-20)26(4,33)16-6-7-18(23(31)32)25(2,3)13-16/h8-12,14,16,18,33H,6-7,13H2,1-5H3,(H,31,32)(H,27,29,30)/t16-,18+,26?/m0/s1. The van der Waals surface area contributed by atoms with E-state index in [1.165, 1.54) is 11.3 Å². The Hall–Kier alpha value is -3.04. The van der Waals surface area contributed by atoms with Crippen LogP contribution in [0.5, 0.6) is 5.75 Å². The molecule has 9 heteroatoms. The van der Waals surface area contributed by atoms with E-state index in [-0.39, 0.29) is 5.92 Å². The summed E-state index contributed by atoms with van der Waals surface area (Å²) < 4.78 is 5.26. The first-order valence-electron chi connectivity index (χ1n) is 11.7. The minimum absolute atomic E-state index is 0.0751. The van der Waals surface area contributed by atoms with Crippen molar-refractivity contribution in [2.75, 3.05) is 12.4 Å². The number of carbonyl (C=O) groups is 1. The van der Waals surface area contributed by atoms with E-state index in [1.807, 2.05) is 32.9 Å². The van der Waals surface area contributed by atoms with E-state index in [9.17, 15) is 15.0 Å². The van der Waals surface area contributed by atoms with Gasteiger partial charge in [-0.2, -0.15) is 0 Å². The predicted molar refractivity (Wildman–Crippen MR) is 136 cm³/mol. The van der Waals surface area contributed by atoms with Gasteiger partial charge < -0.3 is 20.3 Å². The molecule has 1 aliphatic rings. The van der Waals surface area contributed by atoms with Gasteiger partial charge in [0.15, 0.2) is 0 Å².